The molecule has 0 aliphatic heterocycles. The normalized spacial score (nSPS) is 15.4. The number of carbonyl (C=O) groups is 1. The lowest BCUT2D eigenvalue weighted by Crippen LogP contribution is -2.34. The zero-order chi connectivity index (χ0) is 19.1. The molecule has 142 valence electrons. The highest BCUT2D eigenvalue weighted by molar-refractivity contribution is 6.05. The molecule has 0 spiro atoms. The van der Waals surface area contributed by atoms with Crippen molar-refractivity contribution in [1.29, 1.82) is 5.41 Å². The monoisotopic (exact) mass is 366 g/mol. The minimum Gasteiger partial charge on any atom is -0.483 e. The molecule has 1 saturated carbocycles. The predicted molar refractivity (Wildman–Crippen MR) is 95.6 cm³/mol. The van der Waals surface area contributed by atoms with Crippen molar-refractivity contribution in [3.05, 3.63) is 41.3 Å². The molecule has 0 saturated heterocycles. The third-order valence-electron chi connectivity index (χ3n) is 4.23. The van der Waals surface area contributed by atoms with Crippen LogP contribution in [-0.4, -0.2) is 36.3 Å². The minimum atomic E-state index is -0.799. The highest BCUT2D eigenvalue weighted by atomic mass is 19.1. The van der Waals surface area contributed by atoms with Crippen molar-refractivity contribution in [2.45, 2.75) is 38.7 Å². The first-order valence-electron chi connectivity index (χ1n) is 8.62. The summed E-state index contributed by atoms with van der Waals surface area (Å²) in [5, 5.41) is 10.1. The van der Waals surface area contributed by atoms with Crippen molar-refractivity contribution in [2.75, 3.05) is 18.5 Å². The lowest BCUT2D eigenvalue weighted by molar-refractivity contribution is -0.117. The average Bonchev–Trinajstić information content (AvgIpc) is 3.10. The Labute approximate surface area is 151 Å². The number of carbonyl (C=O) groups excluding carboxylic acids is 1. The molecular weight excluding hydrogens is 342 g/mol. The summed E-state index contributed by atoms with van der Waals surface area (Å²) in [6.07, 6.45) is 4.50. The number of nitrogens with one attached hydrogen (secondary N) is 2. The molecule has 1 aromatic rings. The van der Waals surface area contributed by atoms with Gasteiger partial charge in [-0.2, -0.15) is 0 Å². The lowest BCUT2D eigenvalue weighted by Gasteiger charge is -2.25. The molecule has 1 aromatic carbocycles. The second kappa shape index (κ2) is 9.28. The third-order valence-corrected chi connectivity index (χ3v) is 4.23. The molecule has 8 heteroatoms. The van der Waals surface area contributed by atoms with Crippen LogP contribution in [0.4, 0.5) is 14.5 Å². The SMILES string of the molecule is CCN(CN)/C(C=N)=C(\OC1CCCC1)C(=O)Nc1cc(F)cc(F)c1. The van der Waals surface area contributed by atoms with Gasteiger partial charge in [0.1, 0.15) is 17.3 Å². The fourth-order valence-electron chi connectivity index (χ4n) is 2.92. The Morgan fingerprint density at radius 2 is 1.96 bits per heavy atom. The fraction of sp³-hybridized carbons (Fsp3) is 0.444. The largest absolute Gasteiger partial charge is 0.483 e. The Balaban J connectivity index is 2.34. The van der Waals surface area contributed by atoms with Gasteiger partial charge in [-0.05, 0) is 44.7 Å². The van der Waals surface area contributed by atoms with Crippen molar-refractivity contribution in [1.82, 2.24) is 4.90 Å². The van der Waals surface area contributed by atoms with E-state index < -0.39 is 17.5 Å². The van der Waals surface area contributed by atoms with Crippen molar-refractivity contribution in [2.24, 2.45) is 5.73 Å². The van der Waals surface area contributed by atoms with E-state index >= 15 is 0 Å². The number of hydrogen-bond donors (Lipinski definition) is 3. The van der Waals surface area contributed by atoms with Crippen molar-refractivity contribution >= 4 is 17.8 Å². The van der Waals surface area contributed by atoms with Crippen molar-refractivity contribution < 1.29 is 18.3 Å². The molecule has 1 amide bonds. The summed E-state index contributed by atoms with van der Waals surface area (Å²) in [6.45, 7) is 2.41. The highest BCUT2D eigenvalue weighted by Gasteiger charge is 2.26. The van der Waals surface area contributed by atoms with Gasteiger partial charge in [-0.15, -0.1) is 0 Å². The van der Waals surface area contributed by atoms with Crippen LogP contribution in [0.3, 0.4) is 0 Å². The molecule has 0 aromatic heterocycles. The number of halogens is 2. The lowest BCUT2D eigenvalue weighted by atomic mass is 10.2. The number of benzene rings is 1. The number of allylic oxidation sites excluding steroid dienone is 1. The first-order chi connectivity index (χ1) is 12.5. The van der Waals surface area contributed by atoms with Gasteiger partial charge < -0.3 is 26.1 Å². The van der Waals surface area contributed by atoms with E-state index in [4.69, 9.17) is 15.9 Å². The minimum absolute atomic E-state index is 0.0276. The van der Waals surface area contributed by atoms with Gasteiger partial charge in [0.25, 0.3) is 5.91 Å². The Morgan fingerprint density at radius 3 is 2.46 bits per heavy atom. The van der Waals surface area contributed by atoms with Gasteiger partial charge in [-0.25, -0.2) is 8.78 Å². The molecule has 1 aliphatic carbocycles. The van der Waals surface area contributed by atoms with Crippen LogP contribution < -0.4 is 11.1 Å². The zero-order valence-corrected chi connectivity index (χ0v) is 14.7. The van der Waals surface area contributed by atoms with Crippen molar-refractivity contribution in [3.63, 3.8) is 0 Å². The summed E-state index contributed by atoms with van der Waals surface area (Å²) in [6, 6.07) is 2.75. The maximum atomic E-state index is 13.4. The third kappa shape index (κ3) is 5.01. The van der Waals surface area contributed by atoms with Gasteiger partial charge >= 0.3 is 0 Å². The standard InChI is InChI=1S/C18H24F2N4O2/c1-2-24(11-22)16(10-21)17(26-15-5-3-4-6-15)18(25)23-14-8-12(19)7-13(20)9-14/h7-10,15,21H,2-6,11,22H2,1H3,(H,23,25)/b17-16-,21-10?. The first-order valence-corrected chi connectivity index (χ1v) is 8.62. The molecule has 0 bridgehead atoms. The van der Waals surface area contributed by atoms with Crippen LogP contribution in [-0.2, 0) is 9.53 Å². The van der Waals surface area contributed by atoms with E-state index in [-0.39, 0.29) is 29.9 Å². The number of nitrogens with two attached hydrogens (primary N) is 1. The van der Waals surface area contributed by atoms with Crippen LogP contribution in [0.5, 0.6) is 0 Å². The molecule has 2 rings (SSSR count). The topological polar surface area (TPSA) is 91.4 Å². The average molecular weight is 366 g/mol. The Hall–Kier alpha value is -2.48. The fourth-order valence-corrected chi connectivity index (χ4v) is 2.92. The second-order valence-corrected chi connectivity index (χ2v) is 6.03. The number of amides is 1. The van der Waals surface area contributed by atoms with Gasteiger partial charge in [-0.1, -0.05) is 0 Å². The molecular formula is C18H24F2N4O2. The van der Waals surface area contributed by atoms with Crippen LogP contribution >= 0.6 is 0 Å². The van der Waals surface area contributed by atoms with Gasteiger partial charge in [0.05, 0.1) is 12.8 Å². The van der Waals surface area contributed by atoms with Crippen LogP contribution in [0.15, 0.2) is 29.7 Å². The molecule has 1 fully saturated rings. The maximum Gasteiger partial charge on any atom is 0.293 e. The van der Waals surface area contributed by atoms with Crippen LogP contribution in [0.25, 0.3) is 0 Å². The maximum absolute atomic E-state index is 13.4. The summed E-state index contributed by atoms with van der Waals surface area (Å²) in [5.41, 5.74) is 5.91. The van der Waals surface area contributed by atoms with E-state index in [1.165, 1.54) is 0 Å². The van der Waals surface area contributed by atoms with Crippen LogP contribution in [0, 0.1) is 17.0 Å². The molecule has 6 nitrogen and oxygen atoms in total. The summed E-state index contributed by atoms with van der Waals surface area (Å²) in [7, 11) is 0. The molecule has 0 radical (unpaired) electrons. The molecule has 0 unspecified atom stereocenters. The molecule has 26 heavy (non-hydrogen) atoms. The number of rotatable bonds is 8. The summed E-state index contributed by atoms with van der Waals surface area (Å²) >= 11 is 0. The Bertz CT molecular complexity index is 664. The van der Waals surface area contributed by atoms with Gasteiger partial charge in [-0.3, -0.25) is 4.79 Å². The summed E-state index contributed by atoms with van der Waals surface area (Å²) in [4.78, 5) is 14.4. The van der Waals surface area contributed by atoms with Gasteiger partial charge in [0, 0.05) is 24.5 Å². The van der Waals surface area contributed by atoms with Crippen LogP contribution in [0.1, 0.15) is 32.6 Å². The second-order valence-electron chi connectivity index (χ2n) is 6.03. The summed E-state index contributed by atoms with van der Waals surface area (Å²) < 4.78 is 32.6. The van der Waals surface area contributed by atoms with E-state index in [0.29, 0.717) is 6.54 Å². The van der Waals surface area contributed by atoms with E-state index in [2.05, 4.69) is 5.32 Å². The van der Waals surface area contributed by atoms with E-state index in [9.17, 15) is 13.6 Å². The number of anilines is 1. The number of ether oxygens (including phenoxy) is 1. The first kappa shape index (κ1) is 19.8. The van der Waals surface area contributed by atoms with Gasteiger partial charge in [0.2, 0.25) is 5.76 Å². The predicted octanol–water partition coefficient (Wildman–Crippen LogP) is 2.96. The zero-order valence-electron chi connectivity index (χ0n) is 14.7. The van der Waals surface area contributed by atoms with Gasteiger partial charge in [0.15, 0.2) is 0 Å². The Kier molecular flexibility index (Phi) is 7.08. The smallest absolute Gasteiger partial charge is 0.293 e. The van der Waals surface area contributed by atoms with E-state index in [1.54, 1.807) is 4.90 Å². The molecule has 1 aliphatic rings. The number of nitrogens with zero attached hydrogens (tertiary/aromatic N) is 1. The number of hydrogen-bond acceptors (Lipinski definition) is 5. The molecule has 0 atom stereocenters. The van der Waals surface area contributed by atoms with E-state index in [1.807, 2.05) is 6.92 Å². The van der Waals surface area contributed by atoms with Crippen LogP contribution in [0.2, 0.25) is 0 Å². The van der Waals surface area contributed by atoms with Crippen molar-refractivity contribution in [3.8, 4) is 0 Å². The molecule has 4 N–H and O–H groups in total. The quantitative estimate of drug-likeness (QED) is 0.285. The van der Waals surface area contributed by atoms with E-state index in [0.717, 1.165) is 50.1 Å². The molecule has 0 heterocycles. The summed E-state index contributed by atoms with van der Waals surface area (Å²) in [5.74, 6) is -2.34. The highest BCUT2D eigenvalue weighted by Crippen LogP contribution is 2.25. The Morgan fingerprint density at radius 1 is 1.35 bits per heavy atom.